The number of nitrogens with zero attached hydrogens (tertiary/aromatic N) is 1. The molecule has 0 saturated heterocycles. The first-order valence-electron chi connectivity index (χ1n) is 8.62. The zero-order chi connectivity index (χ0) is 17.2. The molecule has 0 radical (unpaired) electrons. The third kappa shape index (κ3) is 1.86. The topological polar surface area (TPSA) is 58.9 Å². The van der Waals surface area contributed by atoms with Crippen molar-refractivity contribution in [1.82, 2.24) is 0 Å². The van der Waals surface area contributed by atoms with E-state index >= 15 is 0 Å². The van der Waals surface area contributed by atoms with E-state index in [1.807, 2.05) is 13.8 Å². The third-order valence-corrected chi connectivity index (χ3v) is 6.05. The van der Waals surface area contributed by atoms with Gasteiger partial charge in [-0.3, -0.25) is 4.79 Å². The zero-order valence-electron chi connectivity index (χ0n) is 14.6. The molecule has 0 heterocycles. The van der Waals surface area contributed by atoms with Gasteiger partial charge in [-0.15, -0.1) is 0 Å². The minimum absolute atomic E-state index is 0.0866. The van der Waals surface area contributed by atoms with Gasteiger partial charge in [0.2, 0.25) is 0 Å². The zero-order valence-corrected chi connectivity index (χ0v) is 14.6. The van der Waals surface area contributed by atoms with Gasteiger partial charge in [0.1, 0.15) is 12.9 Å². The standard InChI is InChI=1S/C20H23NO3/c1-9-7-10(2)14(11(3)8-9)17-19(22)15-12-5-6-13(16(15)20(17)23)18(12)21-24-4/h7-8,12-13,15-16,22H,5-6H2,1-4H3/b21-18-/t12-,13+,15?,16?/m1/s1. The number of ketones is 1. The second kappa shape index (κ2) is 5.20. The van der Waals surface area contributed by atoms with Crippen molar-refractivity contribution in [3.05, 3.63) is 40.1 Å². The van der Waals surface area contributed by atoms with Crippen molar-refractivity contribution in [2.45, 2.75) is 33.6 Å². The normalized spacial score (nSPS) is 32.8. The number of Topliss-reactive ketones (excluding diaryl/α,β-unsaturated/α-hetero) is 1. The van der Waals surface area contributed by atoms with Crippen LogP contribution in [-0.4, -0.2) is 23.7 Å². The van der Waals surface area contributed by atoms with E-state index in [-0.39, 0.29) is 35.2 Å². The Labute approximate surface area is 142 Å². The fourth-order valence-corrected chi connectivity index (χ4v) is 5.39. The Bertz CT molecular complexity index is 782. The minimum Gasteiger partial charge on any atom is -0.511 e. The van der Waals surface area contributed by atoms with Crippen LogP contribution < -0.4 is 0 Å². The van der Waals surface area contributed by atoms with Crippen molar-refractivity contribution in [3.8, 4) is 0 Å². The fraction of sp³-hybridized carbons (Fsp3) is 0.500. The predicted octanol–water partition coefficient (Wildman–Crippen LogP) is 3.74. The van der Waals surface area contributed by atoms with Crippen LogP contribution in [0.1, 0.15) is 35.1 Å². The minimum atomic E-state index is -0.159. The summed E-state index contributed by atoms with van der Waals surface area (Å²) in [5.41, 5.74) is 5.73. The molecule has 1 N–H and O–H groups in total. The summed E-state index contributed by atoms with van der Waals surface area (Å²) in [6.45, 7) is 6.09. The lowest BCUT2D eigenvalue weighted by molar-refractivity contribution is -0.118. The average Bonchev–Trinajstić information content (AvgIpc) is 3.12. The van der Waals surface area contributed by atoms with E-state index in [1.165, 1.54) is 5.56 Å². The van der Waals surface area contributed by atoms with Crippen molar-refractivity contribution in [3.63, 3.8) is 0 Å². The molecule has 2 saturated carbocycles. The first-order valence-corrected chi connectivity index (χ1v) is 8.62. The van der Waals surface area contributed by atoms with Gasteiger partial charge in [0.25, 0.3) is 0 Å². The van der Waals surface area contributed by atoms with Crippen LogP contribution in [0.25, 0.3) is 5.57 Å². The molecule has 0 amide bonds. The van der Waals surface area contributed by atoms with Crippen molar-refractivity contribution in [1.29, 1.82) is 0 Å². The van der Waals surface area contributed by atoms with Gasteiger partial charge in [0, 0.05) is 23.7 Å². The largest absolute Gasteiger partial charge is 0.511 e. The molecular weight excluding hydrogens is 302 g/mol. The van der Waals surface area contributed by atoms with E-state index < -0.39 is 0 Å². The van der Waals surface area contributed by atoms with Crippen LogP contribution in [0.15, 0.2) is 23.0 Å². The number of oxime groups is 1. The molecule has 126 valence electrons. The number of benzene rings is 1. The molecule has 1 aromatic rings. The number of fused-ring (bicyclic) bond motifs is 5. The van der Waals surface area contributed by atoms with Gasteiger partial charge in [-0.1, -0.05) is 22.9 Å². The molecule has 0 aliphatic heterocycles. The summed E-state index contributed by atoms with van der Waals surface area (Å²) in [5, 5.41) is 15.1. The van der Waals surface area contributed by atoms with E-state index in [1.54, 1.807) is 7.11 Å². The Hall–Kier alpha value is -2.10. The molecular formula is C20H23NO3. The lowest BCUT2D eigenvalue weighted by atomic mass is 9.80. The summed E-state index contributed by atoms with van der Waals surface area (Å²) in [6, 6.07) is 4.16. The number of rotatable bonds is 2. The summed E-state index contributed by atoms with van der Waals surface area (Å²) in [5.74, 6) is 0.359. The van der Waals surface area contributed by atoms with Crippen LogP contribution in [0, 0.1) is 44.4 Å². The fourth-order valence-electron chi connectivity index (χ4n) is 5.39. The lowest BCUT2D eigenvalue weighted by Gasteiger charge is -2.21. The Morgan fingerprint density at radius 1 is 1.08 bits per heavy atom. The number of hydrogen-bond acceptors (Lipinski definition) is 4. The van der Waals surface area contributed by atoms with Crippen LogP contribution in [0.3, 0.4) is 0 Å². The molecule has 2 fully saturated rings. The maximum atomic E-state index is 13.2. The van der Waals surface area contributed by atoms with E-state index in [4.69, 9.17) is 4.84 Å². The highest BCUT2D eigenvalue weighted by atomic mass is 16.6. The summed E-state index contributed by atoms with van der Waals surface area (Å²) >= 11 is 0. The van der Waals surface area contributed by atoms with Gasteiger partial charge in [-0.2, -0.15) is 0 Å². The molecule has 4 nitrogen and oxygen atoms in total. The van der Waals surface area contributed by atoms with E-state index in [0.29, 0.717) is 5.57 Å². The Balaban J connectivity index is 1.85. The number of aliphatic hydroxyl groups excluding tert-OH is 1. The van der Waals surface area contributed by atoms with Crippen LogP contribution in [0.4, 0.5) is 0 Å². The molecule has 3 aliphatic rings. The van der Waals surface area contributed by atoms with E-state index in [2.05, 4.69) is 24.2 Å². The molecule has 0 spiro atoms. The molecule has 2 unspecified atom stereocenters. The van der Waals surface area contributed by atoms with Gasteiger partial charge < -0.3 is 9.94 Å². The van der Waals surface area contributed by atoms with Crippen molar-refractivity contribution in [2.75, 3.05) is 7.11 Å². The number of carbonyl (C=O) groups excluding carboxylic acids is 1. The van der Waals surface area contributed by atoms with Gasteiger partial charge in [0.05, 0.1) is 11.3 Å². The maximum absolute atomic E-state index is 13.2. The first-order chi connectivity index (χ1) is 11.5. The number of aryl methyl sites for hydroxylation is 3. The van der Waals surface area contributed by atoms with Gasteiger partial charge in [0.15, 0.2) is 5.78 Å². The number of allylic oxidation sites excluding steroid dienone is 2. The van der Waals surface area contributed by atoms with Gasteiger partial charge in [-0.25, -0.2) is 0 Å². The molecule has 0 aromatic heterocycles. The van der Waals surface area contributed by atoms with E-state index in [9.17, 15) is 9.90 Å². The summed E-state index contributed by atoms with van der Waals surface area (Å²) < 4.78 is 0. The average molecular weight is 325 g/mol. The Morgan fingerprint density at radius 2 is 1.67 bits per heavy atom. The van der Waals surface area contributed by atoms with Crippen LogP contribution >= 0.6 is 0 Å². The van der Waals surface area contributed by atoms with Crippen LogP contribution in [0.2, 0.25) is 0 Å². The monoisotopic (exact) mass is 325 g/mol. The van der Waals surface area contributed by atoms with Gasteiger partial charge in [-0.05, 0) is 50.3 Å². The molecule has 4 heteroatoms. The molecule has 4 rings (SSSR count). The summed E-state index contributed by atoms with van der Waals surface area (Å²) in [7, 11) is 1.54. The van der Waals surface area contributed by atoms with Crippen LogP contribution in [-0.2, 0) is 9.63 Å². The second-order valence-electron chi connectivity index (χ2n) is 7.44. The Morgan fingerprint density at radius 3 is 2.21 bits per heavy atom. The summed E-state index contributed by atoms with van der Waals surface area (Å²) in [4.78, 5) is 18.2. The van der Waals surface area contributed by atoms with Gasteiger partial charge >= 0.3 is 0 Å². The van der Waals surface area contributed by atoms with Crippen molar-refractivity contribution in [2.24, 2.45) is 28.8 Å². The maximum Gasteiger partial charge on any atom is 0.171 e. The highest BCUT2D eigenvalue weighted by Crippen LogP contribution is 2.58. The quantitative estimate of drug-likeness (QED) is 0.843. The number of hydrogen-bond donors (Lipinski definition) is 1. The van der Waals surface area contributed by atoms with Crippen molar-refractivity contribution >= 4 is 17.1 Å². The second-order valence-corrected chi connectivity index (χ2v) is 7.44. The highest BCUT2D eigenvalue weighted by Gasteiger charge is 2.61. The molecule has 4 atom stereocenters. The highest BCUT2D eigenvalue weighted by molar-refractivity contribution is 6.27. The number of aliphatic hydroxyl groups is 1. The first kappa shape index (κ1) is 15.4. The van der Waals surface area contributed by atoms with Crippen molar-refractivity contribution < 1.29 is 14.7 Å². The molecule has 1 aromatic carbocycles. The Kier molecular flexibility index (Phi) is 3.34. The third-order valence-electron chi connectivity index (χ3n) is 6.05. The lowest BCUT2D eigenvalue weighted by Crippen LogP contribution is -2.24. The molecule has 2 bridgehead atoms. The number of carbonyl (C=O) groups is 1. The molecule has 24 heavy (non-hydrogen) atoms. The summed E-state index contributed by atoms with van der Waals surface area (Å²) in [6.07, 6.45) is 1.94. The predicted molar refractivity (Wildman–Crippen MR) is 92.8 cm³/mol. The smallest absolute Gasteiger partial charge is 0.171 e. The SMILES string of the molecule is CO/N=C1\[C@H]2CC[C@@H]1C1C(O)=C(c3c(C)cc(C)cc3C)C(=O)C12. The van der Waals surface area contributed by atoms with Crippen LogP contribution in [0.5, 0.6) is 0 Å². The molecule has 3 aliphatic carbocycles. The van der Waals surface area contributed by atoms with E-state index in [0.717, 1.165) is 35.2 Å².